The van der Waals surface area contributed by atoms with Crippen molar-refractivity contribution >= 4 is 0 Å². The first kappa shape index (κ1) is 14.4. The summed E-state index contributed by atoms with van der Waals surface area (Å²) in [6.07, 6.45) is -4.71. The van der Waals surface area contributed by atoms with Crippen molar-refractivity contribution in [3.8, 4) is 16.9 Å². The molecule has 0 radical (unpaired) electrons. The van der Waals surface area contributed by atoms with E-state index < -0.39 is 6.36 Å². The maximum Gasteiger partial charge on any atom is 0.573 e. The van der Waals surface area contributed by atoms with Gasteiger partial charge in [0.05, 0.1) is 6.61 Å². The Morgan fingerprint density at radius 1 is 1.10 bits per heavy atom. The topological polar surface area (TPSA) is 29.5 Å². The number of ether oxygens (including phenoxy) is 1. The van der Waals surface area contributed by atoms with Gasteiger partial charge < -0.3 is 9.84 Å². The van der Waals surface area contributed by atoms with Crippen molar-refractivity contribution in [2.75, 3.05) is 0 Å². The van der Waals surface area contributed by atoms with Crippen LogP contribution in [0.25, 0.3) is 11.1 Å². The summed E-state index contributed by atoms with van der Waals surface area (Å²) in [5.74, 6) is -0.260. The molecule has 0 aliphatic heterocycles. The quantitative estimate of drug-likeness (QED) is 0.920. The van der Waals surface area contributed by atoms with Crippen molar-refractivity contribution in [3.05, 3.63) is 53.6 Å². The lowest BCUT2D eigenvalue weighted by Gasteiger charge is -2.12. The van der Waals surface area contributed by atoms with E-state index in [2.05, 4.69) is 4.74 Å². The van der Waals surface area contributed by atoms with E-state index in [0.717, 1.165) is 16.7 Å². The first-order valence-electron chi connectivity index (χ1n) is 5.96. The number of benzene rings is 2. The minimum absolute atomic E-state index is 0.113. The molecule has 2 rings (SSSR count). The average Bonchev–Trinajstić information content (AvgIpc) is 2.37. The van der Waals surface area contributed by atoms with E-state index in [0.29, 0.717) is 5.56 Å². The number of rotatable bonds is 3. The minimum Gasteiger partial charge on any atom is -0.406 e. The molecule has 0 aromatic heterocycles. The van der Waals surface area contributed by atoms with Gasteiger partial charge in [0, 0.05) is 0 Å². The lowest BCUT2D eigenvalue weighted by molar-refractivity contribution is -0.274. The Bertz CT molecular complexity index is 606. The molecule has 0 saturated heterocycles. The smallest absolute Gasteiger partial charge is 0.406 e. The monoisotopic (exact) mass is 282 g/mol. The van der Waals surface area contributed by atoms with Crippen molar-refractivity contribution < 1.29 is 23.0 Å². The Hall–Kier alpha value is -2.01. The molecule has 0 spiro atoms. The zero-order valence-electron chi connectivity index (χ0n) is 10.7. The molecule has 0 fully saturated rings. The van der Waals surface area contributed by atoms with Gasteiger partial charge in [-0.15, -0.1) is 13.2 Å². The normalized spacial score (nSPS) is 11.4. The van der Waals surface area contributed by atoms with Crippen molar-refractivity contribution in [2.45, 2.75) is 19.9 Å². The summed E-state index contributed by atoms with van der Waals surface area (Å²) in [6, 6.07) is 11.1. The molecule has 106 valence electrons. The molecule has 1 N–H and O–H groups in total. The van der Waals surface area contributed by atoms with Gasteiger partial charge in [0.1, 0.15) is 5.75 Å². The fourth-order valence-electron chi connectivity index (χ4n) is 2.03. The molecule has 2 aromatic carbocycles. The zero-order valence-corrected chi connectivity index (χ0v) is 10.7. The molecule has 2 nitrogen and oxygen atoms in total. The molecule has 2 aromatic rings. The number of halogens is 3. The third-order valence-corrected chi connectivity index (χ3v) is 2.99. The third-order valence-electron chi connectivity index (χ3n) is 2.99. The summed E-state index contributed by atoms with van der Waals surface area (Å²) in [7, 11) is 0. The number of aliphatic hydroxyl groups is 1. The SMILES string of the molecule is Cc1c(CO)cccc1-c1cccc(OC(F)(F)F)c1. The molecule has 0 bridgehead atoms. The van der Waals surface area contributed by atoms with Gasteiger partial charge in [-0.1, -0.05) is 30.3 Å². The highest BCUT2D eigenvalue weighted by atomic mass is 19.4. The number of alkyl halides is 3. The van der Waals surface area contributed by atoms with Crippen LogP contribution in [0.2, 0.25) is 0 Å². The van der Waals surface area contributed by atoms with Crippen LogP contribution < -0.4 is 4.74 Å². The Labute approximate surface area is 114 Å². The van der Waals surface area contributed by atoms with E-state index in [1.807, 2.05) is 6.92 Å². The fraction of sp³-hybridized carbons (Fsp3) is 0.200. The highest BCUT2D eigenvalue weighted by molar-refractivity contribution is 5.69. The van der Waals surface area contributed by atoms with Gasteiger partial charge in [0.25, 0.3) is 0 Å². The maximum atomic E-state index is 12.2. The molecule has 0 aliphatic carbocycles. The fourth-order valence-corrected chi connectivity index (χ4v) is 2.03. The summed E-state index contributed by atoms with van der Waals surface area (Å²) < 4.78 is 40.6. The highest BCUT2D eigenvalue weighted by Crippen LogP contribution is 2.30. The van der Waals surface area contributed by atoms with Gasteiger partial charge in [-0.05, 0) is 41.3 Å². The first-order chi connectivity index (χ1) is 9.40. The highest BCUT2D eigenvalue weighted by Gasteiger charge is 2.31. The van der Waals surface area contributed by atoms with Crippen LogP contribution in [0, 0.1) is 6.92 Å². The minimum atomic E-state index is -4.71. The van der Waals surface area contributed by atoms with E-state index in [1.165, 1.54) is 18.2 Å². The van der Waals surface area contributed by atoms with Crippen molar-refractivity contribution in [2.24, 2.45) is 0 Å². The van der Waals surface area contributed by atoms with E-state index in [1.54, 1.807) is 24.3 Å². The second-order valence-electron chi connectivity index (χ2n) is 4.32. The molecule has 0 saturated carbocycles. The lowest BCUT2D eigenvalue weighted by Crippen LogP contribution is -2.17. The van der Waals surface area contributed by atoms with E-state index >= 15 is 0 Å². The Balaban J connectivity index is 2.41. The largest absolute Gasteiger partial charge is 0.573 e. The predicted molar refractivity (Wildman–Crippen MR) is 69.2 cm³/mol. The molecule has 0 heterocycles. The van der Waals surface area contributed by atoms with Crippen molar-refractivity contribution in [3.63, 3.8) is 0 Å². The molecule has 0 atom stereocenters. The van der Waals surface area contributed by atoms with Crippen LogP contribution in [0.15, 0.2) is 42.5 Å². The van der Waals surface area contributed by atoms with E-state index in [4.69, 9.17) is 0 Å². The maximum absolute atomic E-state index is 12.2. The van der Waals surface area contributed by atoms with Gasteiger partial charge in [-0.3, -0.25) is 0 Å². The molecular formula is C15H13F3O2. The molecule has 0 aliphatic rings. The third kappa shape index (κ3) is 3.30. The summed E-state index contributed by atoms with van der Waals surface area (Å²) in [6.45, 7) is 1.70. The molecule has 0 unspecified atom stereocenters. The van der Waals surface area contributed by atoms with Crippen LogP contribution in [0.1, 0.15) is 11.1 Å². The molecular weight excluding hydrogens is 269 g/mol. The van der Waals surface area contributed by atoms with Crippen LogP contribution in [0.3, 0.4) is 0 Å². The van der Waals surface area contributed by atoms with Gasteiger partial charge >= 0.3 is 6.36 Å². The molecule has 0 amide bonds. The standard InChI is InChI=1S/C15H13F3O2/c1-10-12(9-19)5-3-7-14(10)11-4-2-6-13(8-11)20-15(16,17)18/h2-8,19H,9H2,1H3. The number of hydrogen-bond acceptors (Lipinski definition) is 2. The van der Waals surface area contributed by atoms with E-state index in [-0.39, 0.29) is 12.4 Å². The van der Waals surface area contributed by atoms with Crippen LogP contribution in [0.4, 0.5) is 13.2 Å². The average molecular weight is 282 g/mol. The van der Waals surface area contributed by atoms with Gasteiger partial charge in [-0.25, -0.2) is 0 Å². The predicted octanol–water partition coefficient (Wildman–Crippen LogP) is 4.05. The second-order valence-corrected chi connectivity index (χ2v) is 4.32. The second kappa shape index (κ2) is 5.54. The summed E-state index contributed by atoms with van der Waals surface area (Å²) in [5, 5.41) is 9.22. The Kier molecular flexibility index (Phi) is 3.99. The van der Waals surface area contributed by atoms with Crippen LogP contribution in [-0.4, -0.2) is 11.5 Å². The number of aliphatic hydroxyl groups excluding tert-OH is 1. The lowest BCUT2D eigenvalue weighted by atomic mass is 9.97. The summed E-state index contributed by atoms with van der Waals surface area (Å²) >= 11 is 0. The van der Waals surface area contributed by atoms with Gasteiger partial charge in [0.2, 0.25) is 0 Å². The zero-order chi connectivity index (χ0) is 14.8. The molecule has 5 heteroatoms. The van der Waals surface area contributed by atoms with Gasteiger partial charge in [0.15, 0.2) is 0 Å². The van der Waals surface area contributed by atoms with Crippen LogP contribution >= 0.6 is 0 Å². The Morgan fingerprint density at radius 3 is 2.45 bits per heavy atom. The van der Waals surface area contributed by atoms with Crippen molar-refractivity contribution in [1.82, 2.24) is 0 Å². The summed E-state index contributed by atoms with van der Waals surface area (Å²) in [5.41, 5.74) is 2.95. The van der Waals surface area contributed by atoms with Crippen molar-refractivity contribution in [1.29, 1.82) is 0 Å². The summed E-state index contributed by atoms with van der Waals surface area (Å²) in [4.78, 5) is 0. The van der Waals surface area contributed by atoms with Crippen LogP contribution in [-0.2, 0) is 6.61 Å². The molecule has 20 heavy (non-hydrogen) atoms. The van der Waals surface area contributed by atoms with E-state index in [9.17, 15) is 18.3 Å². The first-order valence-corrected chi connectivity index (χ1v) is 5.96. The Morgan fingerprint density at radius 2 is 1.80 bits per heavy atom. The van der Waals surface area contributed by atoms with Crippen LogP contribution in [0.5, 0.6) is 5.75 Å². The van der Waals surface area contributed by atoms with Gasteiger partial charge in [-0.2, -0.15) is 0 Å². The number of hydrogen-bond donors (Lipinski definition) is 1.